The lowest BCUT2D eigenvalue weighted by atomic mass is 10.1. The molecule has 6 heteroatoms. The van der Waals surface area contributed by atoms with Crippen LogP contribution in [0, 0.1) is 6.92 Å². The van der Waals surface area contributed by atoms with Crippen LogP contribution in [-0.4, -0.2) is 20.9 Å². The highest BCUT2D eigenvalue weighted by molar-refractivity contribution is 6.04. The summed E-state index contributed by atoms with van der Waals surface area (Å²) in [7, 11) is 0. The lowest BCUT2D eigenvalue weighted by Crippen LogP contribution is -2.16. The van der Waals surface area contributed by atoms with Crippen LogP contribution in [0.2, 0.25) is 0 Å². The van der Waals surface area contributed by atoms with Gasteiger partial charge in [0.2, 0.25) is 5.95 Å². The van der Waals surface area contributed by atoms with Gasteiger partial charge >= 0.3 is 0 Å². The van der Waals surface area contributed by atoms with Crippen LogP contribution in [0.15, 0.2) is 91.5 Å². The van der Waals surface area contributed by atoms with E-state index in [1.54, 1.807) is 43.0 Å². The molecule has 2 aromatic heterocycles. The molecule has 0 fully saturated rings. The summed E-state index contributed by atoms with van der Waals surface area (Å²) < 4.78 is 0. The molecule has 2 aromatic carbocycles. The number of benzene rings is 2. The molecule has 0 atom stereocenters. The number of hydrogen-bond acceptors (Lipinski definition) is 5. The predicted molar refractivity (Wildman–Crippen MR) is 114 cm³/mol. The van der Waals surface area contributed by atoms with E-state index in [9.17, 15) is 4.79 Å². The molecule has 4 aromatic rings. The molecule has 29 heavy (non-hydrogen) atoms. The molecule has 0 saturated heterocycles. The van der Waals surface area contributed by atoms with Crippen molar-refractivity contribution in [2.45, 2.75) is 6.92 Å². The standard InChI is InChI=1S/C23H19N5O/c1-17-10-11-19(27-22(29)18-7-3-2-4-8-18)15-21(17)28(20-9-5-12-24-16-20)23-25-13-6-14-26-23/h2-16H,1H3,(H,27,29). The molecular weight excluding hydrogens is 362 g/mol. The summed E-state index contributed by atoms with van der Waals surface area (Å²) >= 11 is 0. The zero-order chi connectivity index (χ0) is 20.1. The van der Waals surface area contributed by atoms with E-state index >= 15 is 0 Å². The minimum Gasteiger partial charge on any atom is -0.322 e. The van der Waals surface area contributed by atoms with Gasteiger partial charge in [-0.2, -0.15) is 0 Å². The molecule has 0 aliphatic carbocycles. The fraction of sp³-hybridized carbons (Fsp3) is 0.0435. The molecule has 0 unspecified atom stereocenters. The van der Waals surface area contributed by atoms with Gasteiger partial charge in [0, 0.05) is 29.8 Å². The first-order chi connectivity index (χ1) is 14.2. The molecular formula is C23H19N5O. The molecule has 4 rings (SSSR count). The van der Waals surface area contributed by atoms with Crippen LogP contribution < -0.4 is 10.2 Å². The van der Waals surface area contributed by atoms with Crippen molar-refractivity contribution >= 4 is 28.9 Å². The summed E-state index contributed by atoms with van der Waals surface area (Å²) in [5.74, 6) is 0.361. The molecule has 2 heterocycles. The summed E-state index contributed by atoms with van der Waals surface area (Å²) in [6.45, 7) is 2.00. The number of aryl methyl sites for hydroxylation is 1. The van der Waals surface area contributed by atoms with Crippen molar-refractivity contribution in [1.82, 2.24) is 15.0 Å². The van der Waals surface area contributed by atoms with Crippen LogP contribution >= 0.6 is 0 Å². The number of anilines is 4. The van der Waals surface area contributed by atoms with Gasteiger partial charge in [0.25, 0.3) is 5.91 Å². The Morgan fingerprint density at radius 1 is 0.897 bits per heavy atom. The molecule has 0 aliphatic rings. The second-order valence-electron chi connectivity index (χ2n) is 6.42. The largest absolute Gasteiger partial charge is 0.322 e. The van der Waals surface area contributed by atoms with Crippen molar-refractivity contribution in [1.29, 1.82) is 0 Å². The summed E-state index contributed by atoms with van der Waals surface area (Å²) in [5.41, 5.74) is 3.98. The number of rotatable bonds is 5. The number of aromatic nitrogens is 3. The molecule has 1 N–H and O–H groups in total. The van der Waals surface area contributed by atoms with E-state index in [0.29, 0.717) is 17.2 Å². The van der Waals surface area contributed by atoms with Gasteiger partial charge in [0.05, 0.1) is 17.6 Å². The topological polar surface area (TPSA) is 71.0 Å². The van der Waals surface area contributed by atoms with Gasteiger partial charge in [-0.1, -0.05) is 24.3 Å². The van der Waals surface area contributed by atoms with Crippen molar-refractivity contribution in [2.75, 3.05) is 10.2 Å². The van der Waals surface area contributed by atoms with Crippen LogP contribution in [0.4, 0.5) is 23.0 Å². The van der Waals surface area contributed by atoms with Gasteiger partial charge in [0.15, 0.2) is 0 Å². The van der Waals surface area contributed by atoms with Gasteiger partial charge in [-0.15, -0.1) is 0 Å². The van der Waals surface area contributed by atoms with E-state index in [2.05, 4.69) is 20.3 Å². The van der Waals surface area contributed by atoms with Crippen molar-refractivity contribution in [3.05, 3.63) is 103 Å². The van der Waals surface area contributed by atoms with Gasteiger partial charge < -0.3 is 5.32 Å². The predicted octanol–water partition coefficient (Wildman–Crippen LogP) is 4.90. The monoisotopic (exact) mass is 381 g/mol. The van der Waals surface area contributed by atoms with E-state index in [4.69, 9.17) is 0 Å². The lowest BCUT2D eigenvalue weighted by molar-refractivity contribution is 0.102. The maximum atomic E-state index is 12.6. The molecule has 142 valence electrons. The van der Waals surface area contributed by atoms with E-state index in [1.807, 2.05) is 60.4 Å². The minimum atomic E-state index is -0.163. The second kappa shape index (κ2) is 8.31. The summed E-state index contributed by atoms with van der Waals surface area (Å²) in [6.07, 6.45) is 6.87. The third kappa shape index (κ3) is 4.11. The van der Waals surface area contributed by atoms with Gasteiger partial charge in [-0.3, -0.25) is 14.7 Å². The van der Waals surface area contributed by atoms with Crippen LogP contribution in [0.25, 0.3) is 0 Å². The maximum absolute atomic E-state index is 12.6. The number of pyridine rings is 1. The highest BCUT2D eigenvalue weighted by Crippen LogP contribution is 2.35. The molecule has 6 nitrogen and oxygen atoms in total. The normalized spacial score (nSPS) is 10.4. The first kappa shape index (κ1) is 18.3. The Hall–Kier alpha value is -4.06. The fourth-order valence-corrected chi connectivity index (χ4v) is 2.98. The zero-order valence-corrected chi connectivity index (χ0v) is 15.9. The summed E-state index contributed by atoms with van der Waals surface area (Å²) in [4.78, 5) is 27.5. The van der Waals surface area contributed by atoms with Gasteiger partial charge in [0.1, 0.15) is 0 Å². The smallest absolute Gasteiger partial charge is 0.255 e. The number of nitrogens with one attached hydrogen (secondary N) is 1. The van der Waals surface area contributed by atoms with E-state index in [0.717, 1.165) is 16.9 Å². The molecule has 0 spiro atoms. The average molecular weight is 381 g/mol. The van der Waals surface area contributed by atoms with Crippen LogP contribution in [0.1, 0.15) is 15.9 Å². The number of nitrogens with zero attached hydrogens (tertiary/aromatic N) is 4. The first-order valence-electron chi connectivity index (χ1n) is 9.16. The molecule has 0 aliphatic heterocycles. The van der Waals surface area contributed by atoms with E-state index in [1.165, 1.54) is 0 Å². The van der Waals surface area contributed by atoms with E-state index < -0.39 is 0 Å². The van der Waals surface area contributed by atoms with Crippen molar-refractivity contribution < 1.29 is 4.79 Å². The van der Waals surface area contributed by atoms with E-state index in [-0.39, 0.29) is 5.91 Å². The Kier molecular flexibility index (Phi) is 5.25. The highest BCUT2D eigenvalue weighted by Gasteiger charge is 2.18. The average Bonchev–Trinajstić information content (AvgIpc) is 2.78. The van der Waals surface area contributed by atoms with Crippen LogP contribution in [0.5, 0.6) is 0 Å². The third-order valence-corrected chi connectivity index (χ3v) is 4.40. The Bertz CT molecular complexity index is 1060. The quantitative estimate of drug-likeness (QED) is 0.532. The minimum absolute atomic E-state index is 0.163. The molecule has 0 saturated carbocycles. The van der Waals surface area contributed by atoms with Gasteiger partial charge in [-0.05, 0) is 55.0 Å². The Morgan fingerprint density at radius 3 is 2.41 bits per heavy atom. The maximum Gasteiger partial charge on any atom is 0.255 e. The zero-order valence-electron chi connectivity index (χ0n) is 15.9. The number of amides is 1. The number of hydrogen-bond donors (Lipinski definition) is 1. The molecule has 0 radical (unpaired) electrons. The van der Waals surface area contributed by atoms with Crippen molar-refractivity contribution in [2.24, 2.45) is 0 Å². The number of carbonyl (C=O) groups is 1. The highest BCUT2D eigenvalue weighted by atomic mass is 16.1. The van der Waals surface area contributed by atoms with Crippen molar-refractivity contribution in [3.63, 3.8) is 0 Å². The fourth-order valence-electron chi connectivity index (χ4n) is 2.98. The Morgan fingerprint density at radius 2 is 1.69 bits per heavy atom. The van der Waals surface area contributed by atoms with Crippen LogP contribution in [0.3, 0.4) is 0 Å². The first-order valence-corrected chi connectivity index (χ1v) is 9.16. The Balaban J connectivity index is 1.74. The number of carbonyl (C=O) groups excluding carboxylic acids is 1. The Labute approximate surface area is 168 Å². The van der Waals surface area contributed by atoms with Gasteiger partial charge in [-0.25, -0.2) is 9.97 Å². The van der Waals surface area contributed by atoms with Crippen LogP contribution in [-0.2, 0) is 0 Å². The summed E-state index contributed by atoms with van der Waals surface area (Å²) in [5, 5.41) is 2.96. The molecule has 1 amide bonds. The van der Waals surface area contributed by atoms with Crippen molar-refractivity contribution in [3.8, 4) is 0 Å². The SMILES string of the molecule is Cc1ccc(NC(=O)c2ccccc2)cc1N(c1cccnc1)c1ncccn1. The third-order valence-electron chi connectivity index (χ3n) is 4.40. The summed E-state index contributed by atoms with van der Waals surface area (Å²) in [6, 6.07) is 20.5. The second-order valence-corrected chi connectivity index (χ2v) is 6.42. The molecule has 0 bridgehead atoms. The lowest BCUT2D eigenvalue weighted by Gasteiger charge is -2.24.